The summed E-state index contributed by atoms with van der Waals surface area (Å²) in [5.74, 6) is 2.69. The first kappa shape index (κ1) is 8.62. The Hall–Kier alpha value is -0.480. The lowest BCUT2D eigenvalue weighted by molar-refractivity contribution is 0.292. The highest BCUT2D eigenvalue weighted by Gasteiger charge is 2.06. The molecule has 11 heavy (non-hydrogen) atoms. The molecule has 0 unspecified atom stereocenters. The van der Waals surface area contributed by atoms with Crippen molar-refractivity contribution in [2.45, 2.75) is 32.1 Å². The van der Waals surface area contributed by atoms with Gasteiger partial charge in [0.25, 0.3) is 0 Å². The maximum absolute atomic E-state index is 5.21. The van der Waals surface area contributed by atoms with Crippen molar-refractivity contribution in [2.24, 2.45) is 0 Å². The SMILES string of the molecule is C#CCCN1CCCCCC1. The first-order valence-corrected chi connectivity index (χ1v) is 4.59. The van der Waals surface area contributed by atoms with Crippen LogP contribution in [0.25, 0.3) is 0 Å². The second-order valence-corrected chi connectivity index (χ2v) is 3.21. The largest absolute Gasteiger partial charge is 0.302 e. The maximum Gasteiger partial charge on any atom is 0.0214 e. The Morgan fingerprint density at radius 3 is 2.27 bits per heavy atom. The van der Waals surface area contributed by atoms with Crippen LogP contribution in [0.4, 0.5) is 0 Å². The summed E-state index contributed by atoms with van der Waals surface area (Å²) < 4.78 is 0. The van der Waals surface area contributed by atoms with Gasteiger partial charge in [-0.3, -0.25) is 0 Å². The van der Waals surface area contributed by atoms with E-state index in [1.165, 1.54) is 38.8 Å². The predicted molar refractivity (Wildman–Crippen MR) is 48.4 cm³/mol. The fraction of sp³-hybridized carbons (Fsp3) is 0.800. The minimum atomic E-state index is 0.917. The molecule has 62 valence electrons. The Balaban J connectivity index is 2.15. The quantitative estimate of drug-likeness (QED) is 0.545. The number of hydrogen-bond donors (Lipinski definition) is 0. The van der Waals surface area contributed by atoms with E-state index in [4.69, 9.17) is 6.42 Å². The Morgan fingerprint density at radius 2 is 1.73 bits per heavy atom. The summed E-state index contributed by atoms with van der Waals surface area (Å²) in [6, 6.07) is 0. The van der Waals surface area contributed by atoms with Gasteiger partial charge in [0.15, 0.2) is 0 Å². The molecule has 0 spiro atoms. The van der Waals surface area contributed by atoms with E-state index >= 15 is 0 Å². The summed E-state index contributed by atoms with van der Waals surface area (Å²) in [7, 11) is 0. The maximum atomic E-state index is 5.21. The van der Waals surface area contributed by atoms with E-state index in [1.807, 2.05) is 0 Å². The lowest BCUT2D eigenvalue weighted by Gasteiger charge is -2.17. The van der Waals surface area contributed by atoms with E-state index in [0.29, 0.717) is 0 Å². The number of terminal acetylenes is 1. The van der Waals surface area contributed by atoms with Crippen LogP contribution in [0.15, 0.2) is 0 Å². The standard InChI is InChI=1S/C10H17N/c1-2-3-8-11-9-6-4-5-7-10-11/h1H,3-10H2. The zero-order chi connectivity index (χ0) is 7.94. The van der Waals surface area contributed by atoms with Gasteiger partial charge in [-0.2, -0.15) is 0 Å². The van der Waals surface area contributed by atoms with E-state index in [2.05, 4.69) is 10.8 Å². The molecule has 0 radical (unpaired) electrons. The van der Waals surface area contributed by atoms with E-state index in [-0.39, 0.29) is 0 Å². The topological polar surface area (TPSA) is 3.24 Å². The van der Waals surface area contributed by atoms with Crippen LogP contribution in [0.2, 0.25) is 0 Å². The van der Waals surface area contributed by atoms with Crippen LogP contribution >= 0.6 is 0 Å². The van der Waals surface area contributed by atoms with Gasteiger partial charge in [-0.25, -0.2) is 0 Å². The van der Waals surface area contributed by atoms with Gasteiger partial charge in [0.2, 0.25) is 0 Å². The summed E-state index contributed by atoms with van der Waals surface area (Å²) in [6.07, 6.45) is 11.7. The van der Waals surface area contributed by atoms with Crippen molar-refractivity contribution in [3.8, 4) is 12.3 Å². The Kier molecular flexibility index (Phi) is 4.08. The molecule has 0 atom stereocenters. The summed E-state index contributed by atoms with van der Waals surface area (Å²) in [6.45, 7) is 3.64. The van der Waals surface area contributed by atoms with Crippen molar-refractivity contribution in [3.63, 3.8) is 0 Å². The zero-order valence-corrected chi connectivity index (χ0v) is 7.18. The summed E-state index contributed by atoms with van der Waals surface area (Å²) in [5, 5.41) is 0. The minimum absolute atomic E-state index is 0.917. The van der Waals surface area contributed by atoms with E-state index in [0.717, 1.165) is 13.0 Å². The number of likely N-dealkylation sites (tertiary alicyclic amines) is 1. The third-order valence-electron chi connectivity index (χ3n) is 2.27. The lowest BCUT2D eigenvalue weighted by Crippen LogP contribution is -2.25. The molecule has 1 nitrogen and oxygen atoms in total. The summed E-state index contributed by atoms with van der Waals surface area (Å²) in [4.78, 5) is 2.49. The summed E-state index contributed by atoms with van der Waals surface area (Å²) >= 11 is 0. The van der Waals surface area contributed by atoms with Gasteiger partial charge in [-0.15, -0.1) is 12.3 Å². The highest BCUT2D eigenvalue weighted by atomic mass is 15.1. The number of nitrogens with zero attached hydrogens (tertiary/aromatic N) is 1. The summed E-state index contributed by atoms with van der Waals surface area (Å²) in [5.41, 5.74) is 0. The average Bonchev–Trinajstić information content (AvgIpc) is 2.28. The second-order valence-electron chi connectivity index (χ2n) is 3.21. The Morgan fingerprint density at radius 1 is 1.09 bits per heavy atom. The Bertz CT molecular complexity index is 126. The van der Waals surface area contributed by atoms with Crippen molar-refractivity contribution in [3.05, 3.63) is 0 Å². The molecule has 0 bridgehead atoms. The molecule has 1 fully saturated rings. The Labute approximate surface area is 69.8 Å². The molecule has 0 N–H and O–H groups in total. The molecule has 0 aromatic carbocycles. The molecule has 1 heteroatoms. The van der Waals surface area contributed by atoms with Crippen LogP contribution in [0.3, 0.4) is 0 Å². The van der Waals surface area contributed by atoms with Crippen LogP contribution in [0.1, 0.15) is 32.1 Å². The highest BCUT2D eigenvalue weighted by Crippen LogP contribution is 2.09. The first-order valence-electron chi connectivity index (χ1n) is 4.59. The normalized spacial score (nSPS) is 20.6. The molecule has 1 heterocycles. The predicted octanol–water partition coefficient (Wildman–Crippen LogP) is 1.89. The molecule has 0 aliphatic carbocycles. The van der Waals surface area contributed by atoms with Gasteiger partial charge in [-0.05, 0) is 25.9 Å². The fourth-order valence-corrected chi connectivity index (χ4v) is 1.58. The molecule has 1 aliphatic heterocycles. The molecule has 0 amide bonds. The van der Waals surface area contributed by atoms with Crippen molar-refractivity contribution < 1.29 is 0 Å². The highest BCUT2D eigenvalue weighted by molar-refractivity contribution is 4.84. The molecule has 0 aromatic rings. The minimum Gasteiger partial charge on any atom is -0.302 e. The smallest absolute Gasteiger partial charge is 0.0214 e. The van der Waals surface area contributed by atoms with Crippen LogP contribution in [0, 0.1) is 12.3 Å². The zero-order valence-electron chi connectivity index (χ0n) is 7.18. The van der Waals surface area contributed by atoms with Gasteiger partial charge in [-0.1, -0.05) is 12.8 Å². The van der Waals surface area contributed by atoms with Crippen molar-refractivity contribution in [1.29, 1.82) is 0 Å². The van der Waals surface area contributed by atoms with Crippen LogP contribution in [-0.2, 0) is 0 Å². The van der Waals surface area contributed by atoms with Crippen LogP contribution < -0.4 is 0 Å². The monoisotopic (exact) mass is 151 g/mol. The first-order chi connectivity index (χ1) is 5.43. The third-order valence-corrected chi connectivity index (χ3v) is 2.27. The lowest BCUT2D eigenvalue weighted by atomic mass is 10.2. The van der Waals surface area contributed by atoms with Gasteiger partial charge < -0.3 is 4.90 Å². The fourth-order valence-electron chi connectivity index (χ4n) is 1.58. The van der Waals surface area contributed by atoms with Crippen molar-refractivity contribution >= 4 is 0 Å². The molecule has 1 rings (SSSR count). The molecule has 1 aliphatic rings. The van der Waals surface area contributed by atoms with E-state index < -0.39 is 0 Å². The molecular formula is C10H17N. The van der Waals surface area contributed by atoms with Crippen LogP contribution in [-0.4, -0.2) is 24.5 Å². The average molecular weight is 151 g/mol. The van der Waals surface area contributed by atoms with Gasteiger partial charge in [0.1, 0.15) is 0 Å². The van der Waals surface area contributed by atoms with Gasteiger partial charge in [0, 0.05) is 13.0 Å². The van der Waals surface area contributed by atoms with Crippen LogP contribution in [0.5, 0.6) is 0 Å². The van der Waals surface area contributed by atoms with Crippen molar-refractivity contribution in [1.82, 2.24) is 4.90 Å². The molecule has 1 saturated heterocycles. The van der Waals surface area contributed by atoms with Crippen molar-refractivity contribution in [2.75, 3.05) is 19.6 Å². The molecular weight excluding hydrogens is 134 g/mol. The molecule has 0 aromatic heterocycles. The number of rotatable bonds is 2. The van der Waals surface area contributed by atoms with Gasteiger partial charge >= 0.3 is 0 Å². The van der Waals surface area contributed by atoms with E-state index in [1.54, 1.807) is 0 Å². The second kappa shape index (κ2) is 5.21. The number of hydrogen-bond acceptors (Lipinski definition) is 1. The van der Waals surface area contributed by atoms with Gasteiger partial charge in [0.05, 0.1) is 0 Å². The third kappa shape index (κ3) is 3.43. The van der Waals surface area contributed by atoms with E-state index in [9.17, 15) is 0 Å². The molecule has 0 saturated carbocycles.